The number of nitrogens with zero attached hydrogens (tertiary/aromatic N) is 4. The Bertz CT molecular complexity index is 992. The molecule has 1 fully saturated rings. The van der Waals surface area contributed by atoms with Crippen molar-refractivity contribution in [3.8, 4) is 5.75 Å². The van der Waals surface area contributed by atoms with Gasteiger partial charge in [-0.2, -0.15) is 0 Å². The number of fused-ring (bicyclic) bond motifs is 3. The second-order valence-electron chi connectivity index (χ2n) is 8.34. The molecule has 29 heavy (non-hydrogen) atoms. The number of benzene rings is 1. The van der Waals surface area contributed by atoms with Gasteiger partial charge in [0.05, 0.1) is 12.5 Å². The predicted molar refractivity (Wildman–Crippen MR) is 119 cm³/mol. The maximum atomic E-state index is 5.27. The first-order chi connectivity index (χ1) is 14.2. The summed E-state index contributed by atoms with van der Waals surface area (Å²) in [6.45, 7) is 7.50. The largest absolute Gasteiger partial charge is 0.497 e. The van der Waals surface area contributed by atoms with Crippen LogP contribution in [0.25, 0.3) is 10.2 Å². The molecule has 1 saturated heterocycles. The molecular weight excluding hydrogens is 380 g/mol. The molecule has 1 aromatic carbocycles. The van der Waals surface area contributed by atoms with E-state index < -0.39 is 0 Å². The standard InChI is InChI=1S/C23H28N4OS/c1-16-3-8-20-19(13-16)21-22(24-15-25-23(21)29-20)27-11-9-26(10-12-27)14-17-4-6-18(28-2)7-5-17/h4-7,15-16H,3,8-14H2,1-2H3. The first-order valence-corrected chi connectivity index (χ1v) is 11.4. The summed E-state index contributed by atoms with van der Waals surface area (Å²) < 4.78 is 5.27. The lowest BCUT2D eigenvalue weighted by molar-refractivity contribution is 0.249. The van der Waals surface area contributed by atoms with Crippen LogP contribution in [0.3, 0.4) is 0 Å². The molecule has 0 spiro atoms. The van der Waals surface area contributed by atoms with Crippen molar-refractivity contribution in [2.75, 3.05) is 38.2 Å². The number of piperazine rings is 1. The van der Waals surface area contributed by atoms with Crippen molar-refractivity contribution in [1.29, 1.82) is 0 Å². The molecule has 6 heteroatoms. The number of aryl methyl sites for hydroxylation is 1. The number of thiophene rings is 1. The van der Waals surface area contributed by atoms with Crippen LogP contribution in [0.1, 0.15) is 29.3 Å². The molecule has 152 valence electrons. The highest BCUT2D eigenvalue weighted by Gasteiger charge is 2.26. The van der Waals surface area contributed by atoms with E-state index in [2.05, 4.69) is 33.8 Å². The van der Waals surface area contributed by atoms with Gasteiger partial charge >= 0.3 is 0 Å². The second kappa shape index (κ2) is 7.92. The van der Waals surface area contributed by atoms with Gasteiger partial charge in [0.1, 0.15) is 22.7 Å². The van der Waals surface area contributed by atoms with Crippen LogP contribution < -0.4 is 9.64 Å². The van der Waals surface area contributed by atoms with E-state index in [-0.39, 0.29) is 0 Å². The monoisotopic (exact) mass is 408 g/mol. The van der Waals surface area contributed by atoms with Crippen molar-refractivity contribution in [3.63, 3.8) is 0 Å². The van der Waals surface area contributed by atoms with Crippen molar-refractivity contribution >= 4 is 27.4 Å². The fourth-order valence-electron chi connectivity index (χ4n) is 4.61. The van der Waals surface area contributed by atoms with E-state index >= 15 is 0 Å². The summed E-state index contributed by atoms with van der Waals surface area (Å²) in [7, 11) is 1.71. The normalized spacial score (nSPS) is 20.1. The molecule has 0 radical (unpaired) electrons. The minimum absolute atomic E-state index is 0.759. The third-order valence-electron chi connectivity index (χ3n) is 6.30. The third kappa shape index (κ3) is 3.71. The van der Waals surface area contributed by atoms with E-state index in [1.54, 1.807) is 13.4 Å². The smallest absolute Gasteiger partial charge is 0.141 e. The van der Waals surface area contributed by atoms with Gasteiger partial charge in [-0.25, -0.2) is 9.97 Å². The summed E-state index contributed by atoms with van der Waals surface area (Å²) >= 11 is 1.89. The minimum Gasteiger partial charge on any atom is -0.497 e. The molecule has 1 aliphatic carbocycles. The Hall–Kier alpha value is -2.18. The number of anilines is 1. The number of aromatic nitrogens is 2. The SMILES string of the molecule is COc1ccc(CN2CCN(c3ncnc4sc5c(c34)CC(C)CC5)CC2)cc1. The summed E-state index contributed by atoms with van der Waals surface area (Å²) in [5, 5.41) is 1.34. The Kier molecular flexibility index (Phi) is 5.14. The van der Waals surface area contributed by atoms with E-state index in [0.717, 1.165) is 50.2 Å². The van der Waals surface area contributed by atoms with Crippen LogP contribution in [-0.2, 0) is 19.4 Å². The summed E-state index contributed by atoms with van der Waals surface area (Å²) in [6, 6.07) is 8.42. The minimum atomic E-state index is 0.759. The molecule has 3 aromatic rings. The summed E-state index contributed by atoms with van der Waals surface area (Å²) in [4.78, 5) is 17.1. The number of hydrogen-bond donors (Lipinski definition) is 0. The molecule has 1 unspecified atom stereocenters. The van der Waals surface area contributed by atoms with Crippen LogP contribution in [0.4, 0.5) is 5.82 Å². The Balaban J connectivity index is 1.32. The first kappa shape index (κ1) is 18.8. The average molecular weight is 409 g/mol. The lowest BCUT2D eigenvalue weighted by atomic mass is 9.88. The Labute approximate surface area is 176 Å². The van der Waals surface area contributed by atoms with Crippen LogP contribution >= 0.6 is 11.3 Å². The van der Waals surface area contributed by atoms with Crippen molar-refractivity contribution in [2.45, 2.75) is 32.7 Å². The van der Waals surface area contributed by atoms with Gasteiger partial charge in [-0.3, -0.25) is 4.90 Å². The average Bonchev–Trinajstić information content (AvgIpc) is 3.13. The van der Waals surface area contributed by atoms with Gasteiger partial charge in [0, 0.05) is 37.6 Å². The molecule has 1 atom stereocenters. The Morgan fingerprint density at radius 1 is 1.10 bits per heavy atom. The van der Waals surface area contributed by atoms with E-state index in [0.29, 0.717) is 0 Å². The Morgan fingerprint density at radius 3 is 2.66 bits per heavy atom. The molecule has 0 amide bonds. The van der Waals surface area contributed by atoms with Gasteiger partial charge in [-0.15, -0.1) is 11.3 Å². The molecule has 5 rings (SSSR count). The van der Waals surface area contributed by atoms with Crippen molar-refractivity contribution in [3.05, 3.63) is 46.6 Å². The van der Waals surface area contributed by atoms with Gasteiger partial charge in [0.15, 0.2) is 0 Å². The highest BCUT2D eigenvalue weighted by Crippen LogP contribution is 2.40. The maximum absolute atomic E-state index is 5.27. The van der Waals surface area contributed by atoms with Crippen molar-refractivity contribution in [2.24, 2.45) is 5.92 Å². The zero-order valence-corrected chi connectivity index (χ0v) is 18.0. The number of ether oxygens (including phenoxy) is 1. The van der Waals surface area contributed by atoms with Crippen molar-refractivity contribution < 1.29 is 4.74 Å². The second-order valence-corrected chi connectivity index (χ2v) is 9.42. The number of hydrogen-bond acceptors (Lipinski definition) is 6. The highest BCUT2D eigenvalue weighted by atomic mass is 32.1. The van der Waals surface area contributed by atoms with E-state index in [9.17, 15) is 0 Å². The topological polar surface area (TPSA) is 41.5 Å². The quantitative estimate of drug-likeness (QED) is 0.649. The molecule has 3 heterocycles. The van der Waals surface area contributed by atoms with Crippen LogP contribution in [0.5, 0.6) is 5.75 Å². The van der Waals surface area contributed by atoms with Gasteiger partial charge in [-0.05, 0) is 48.4 Å². The molecule has 2 aromatic heterocycles. The molecule has 5 nitrogen and oxygen atoms in total. The van der Waals surface area contributed by atoms with E-state index in [4.69, 9.17) is 9.72 Å². The van der Waals surface area contributed by atoms with Crippen LogP contribution in [0.2, 0.25) is 0 Å². The summed E-state index contributed by atoms with van der Waals surface area (Å²) in [5.41, 5.74) is 2.87. The molecule has 1 aliphatic heterocycles. The molecule has 0 bridgehead atoms. The Morgan fingerprint density at radius 2 is 1.90 bits per heavy atom. The third-order valence-corrected chi connectivity index (χ3v) is 7.50. The molecule has 0 saturated carbocycles. The van der Waals surface area contributed by atoms with Gasteiger partial charge in [-0.1, -0.05) is 19.1 Å². The molecular formula is C23H28N4OS. The lowest BCUT2D eigenvalue weighted by Crippen LogP contribution is -2.46. The van der Waals surface area contributed by atoms with Crippen LogP contribution in [0, 0.1) is 5.92 Å². The zero-order valence-electron chi connectivity index (χ0n) is 17.2. The van der Waals surface area contributed by atoms with Crippen molar-refractivity contribution in [1.82, 2.24) is 14.9 Å². The van der Waals surface area contributed by atoms with E-state index in [1.165, 1.54) is 45.5 Å². The van der Waals surface area contributed by atoms with E-state index in [1.807, 2.05) is 23.5 Å². The fourth-order valence-corrected chi connectivity index (χ4v) is 5.79. The number of rotatable bonds is 4. The fraction of sp³-hybridized carbons (Fsp3) is 0.478. The van der Waals surface area contributed by atoms with Gasteiger partial charge in [0.25, 0.3) is 0 Å². The molecule has 0 N–H and O–H groups in total. The summed E-state index contributed by atoms with van der Waals surface area (Å²) in [5.74, 6) is 2.83. The van der Waals surface area contributed by atoms with Crippen LogP contribution in [0.15, 0.2) is 30.6 Å². The van der Waals surface area contributed by atoms with Gasteiger partial charge in [0.2, 0.25) is 0 Å². The van der Waals surface area contributed by atoms with Crippen LogP contribution in [-0.4, -0.2) is 48.2 Å². The number of methoxy groups -OCH3 is 1. The first-order valence-electron chi connectivity index (χ1n) is 10.6. The molecule has 2 aliphatic rings. The maximum Gasteiger partial charge on any atom is 0.141 e. The highest BCUT2D eigenvalue weighted by molar-refractivity contribution is 7.19. The zero-order chi connectivity index (χ0) is 19.8. The predicted octanol–water partition coefficient (Wildman–Crippen LogP) is 4.15. The summed E-state index contributed by atoms with van der Waals surface area (Å²) in [6.07, 6.45) is 5.43. The van der Waals surface area contributed by atoms with Gasteiger partial charge < -0.3 is 9.64 Å². The lowest BCUT2D eigenvalue weighted by Gasteiger charge is -2.36.